The molecule has 1 aromatic carbocycles. The molecule has 0 aliphatic carbocycles. The van der Waals surface area contributed by atoms with Crippen molar-refractivity contribution in [3.05, 3.63) is 35.4 Å². The Hall–Kier alpha value is -1.92. The molecule has 0 spiro atoms. The van der Waals surface area contributed by atoms with Crippen molar-refractivity contribution in [3.8, 4) is 0 Å². The molecule has 1 saturated heterocycles. The Morgan fingerprint density at radius 2 is 1.53 bits per heavy atom. The van der Waals surface area contributed by atoms with Crippen molar-refractivity contribution in [3.63, 3.8) is 0 Å². The third kappa shape index (κ3) is 8.07. The van der Waals surface area contributed by atoms with E-state index in [1.54, 1.807) is 0 Å². The molecule has 0 aromatic heterocycles. The molecule has 1 aliphatic rings. The van der Waals surface area contributed by atoms with Crippen LogP contribution in [0.5, 0.6) is 0 Å². The predicted octanol–water partition coefficient (Wildman–Crippen LogP) is 2.74. The van der Waals surface area contributed by atoms with E-state index < -0.39 is 5.41 Å². The van der Waals surface area contributed by atoms with Gasteiger partial charge in [-0.25, -0.2) is 0 Å². The van der Waals surface area contributed by atoms with Gasteiger partial charge >= 0.3 is 0 Å². The van der Waals surface area contributed by atoms with Gasteiger partial charge in [0.1, 0.15) is 0 Å². The maximum absolute atomic E-state index is 12.8. The zero-order valence-corrected chi connectivity index (χ0v) is 19.7. The third-order valence-electron chi connectivity index (χ3n) is 5.25. The number of piperazine rings is 1. The molecule has 1 heterocycles. The monoisotopic (exact) mass is 416 g/mol. The van der Waals surface area contributed by atoms with Crippen molar-refractivity contribution in [1.29, 1.82) is 0 Å². The van der Waals surface area contributed by atoms with Crippen molar-refractivity contribution >= 4 is 11.8 Å². The molecular weight excluding hydrogens is 376 g/mol. The Labute approximate surface area is 182 Å². The highest BCUT2D eigenvalue weighted by molar-refractivity contribution is 5.94. The maximum Gasteiger partial charge on any atom is 0.253 e. The fourth-order valence-electron chi connectivity index (χ4n) is 3.27. The minimum atomic E-state index is -0.402. The first-order chi connectivity index (χ1) is 14.0. The second kappa shape index (κ2) is 10.4. The van der Waals surface area contributed by atoms with Crippen LogP contribution in [0.4, 0.5) is 0 Å². The average Bonchev–Trinajstić information content (AvgIpc) is 2.68. The SMILES string of the molecule is CC(C)(C)CNCCN1CCN(C(=O)c2ccc(CNC(=O)C(C)(C)C)cc2)CC1. The van der Waals surface area contributed by atoms with Crippen LogP contribution >= 0.6 is 0 Å². The number of carbonyl (C=O) groups is 2. The molecule has 1 aromatic rings. The number of hydrogen-bond donors (Lipinski definition) is 2. The fraction of sp³-hybridized carbons (Fsp3) is 0.667. The summed E-state index contributed by atoms with van der Waals surface area (Å²) < 4.78 is 0. The number of amides is 2. The lowest BCUT2D eigenvalue weighted by Crippen LogP contribution is -2.50. The molecule has 30 heavy (non-hydrogen) atoms. The highest BCUT2D eigenvalue weighted by atomic mass is 16.2. The summed E-state index contributed by atoms with van der Waals surface area (Å²) in [5.41, 5.74) is 1.61. The Morgan fingerprint density at radius 3 is 2.07 bits per heavy atom. The molecule has 6 heteroatoms. The summed E-state index contributed by atoms with van der Waals surface area (Å²) in [4.78, 5) is 29.2. The van der Waals surface area contributed by atoms with E-state index in [1.165, 1.54) is 0 Å². The lowest BCUT2D eigenvalue weighted by atomic mass is 9.95. The lowest BCUT2D eigenvalue weighted by Gasteiger charge is -2.35. The van der Waals surface area contributed by atoms with Gasteiger partial charge in [-0.2, -0.15) is 0 Å². The van der Waals surface area contributed by atoms with Crippen molar-refractivity contribution < 1.29 is 9.59 Å². The van der Waals surface area contributed by atoms with Crippen LogP contribution in [0.15, 0.2) is 24.3 Å². The Morgan fingerprint density at radius 1 is 0.933 bits per heavy atom. The van der Waals surface area contributed by atoms with Crippen LogP contribution in [-0.2, 0) is 11.3 Å². The molecule has 1 fully saturated rings. The zero-order valence-electron chi connectivity index (χ0n) is 19.7. The summed E-state index contributed by atoms with van der Waals surface area (Å²) >= 11 is 0. The molecule has 2 amide bonds. The molecule has 2 N–H and O–H groups in total. The highest BCUT2D eigenvalue weighted by Crippen LogP contribution is 2.14. The predicted molar refractivity (Wildman–Crippen MR) is 122 cm³/mol. The molecule has 1 aliphatic heterocycles. The first-order valence-electron chi connectivity index (χ1n) is 11.1. The van der Waals surface area contributed by atoms with Crippen molar-refractivity contribution in [1.82, 2.24) is 20.4 Å². The lowest BCUT2D eigenvalue weighted by molar-refractivity contribution is -0.128. The summed E-state index contributed by atoms with van der Waals surface area (Å²) in [7, 11) is 0. The fourth-order valence-corrected chi connectivity index (χ4v) is 3.27. The number of nitrogens with one attached hydrogen (secondary N) is 2. The van der Waals surface area contributed by atoms with E-state index in [0.717, 1.165) is 51.4 Å². The van der Waals surface area contributed by atoms with Gasteiger partial charge in [0.2, 0.25) is 5.91 Å². The topological polar surface area (TPSA) is 64.7 Å². The molecule has 0 radical (unpaired) electrons. The zero-order chi connectivity index (χ0) is 22.4. The first-order valence-corrected chi connectivity index (χ1v) is 11.1. The van der Waals surface area contributed by atoms with Crippen LogP contribution in [0, 0.1) is 10.8 Å². The van der Waals surface area contributed by atoms with Gasteiger partial charge in [-0.05, 0) is 23.1 Å². The first kappa shape index (κ1) is 24.4. The normalized spacial score (nSPS) is 15.9. The number of carbonyl (C=O) groups excluding carboxylic acids is 2. The third-order valence-corrected chi connectivity index (χ3v) is 5.25. The van der Waals surface area contributed by atoms with E-state index in [-0.39, 0.29) is 11.8 Å². The second-order valence-electron chi connectivity index (χ2n) is 10.5. The van der Waals surface area contributed by atoms with Gasteiger partial charge in [0.15, 0.2) is 0 Å². The molecule has 0 bridgehead atoms. The van der Waals surface area contributed by atoms with Crippen LogP contribution in [0.3, 0.4) is 0 Å². The minimum absolute atomic E-state index is 0.0223. The molecule has 0 unspecified atom stereocenters. The Kier molecular flexibility index (Phi) is 8.44. The Bertz CT molecular complexity index is 693. The second-order valence-corrected chi connectivity index (χ2v) is 10.5. The van der Waals surface area contributed by atoms with Gasteiger partial charge in [-0.15, -0.1) is 0 Å². The minimum Gasteiger partial charge on any atom is -0.352 e. The summed E-state index contributed by atoms with van der Waals surface area (Å²) in [5.74, 6) is 0.111. The number of rotatable bonds is 7. The van der Waals surface area contributed by atoms with Crippen LogP contribution in [0.2, 0.25) is 0 Å². The summed E-state index contributed by atoms with van der Waals surface area (Å²) in [6, 6.07) is 7.58. The molecule has 0 atom stereocenters. The van der Waals surface area contributed by atoms with Gasteiger partial charge in [-0.3, -0.25) is 14.5 Å². The number of hydrogen-bond acceptors (Lipinski definition) is 4. The largest absolute Gasteiger partial charge is 0.352 e. The van der Waals surface area contributed by atoms with Gasteiger partial charge in [0.05, 0.1) is 0 Å². The summed E-state index contributed by atoms with van der Waals surface area (Å²) in [6.07, 6.45) is 0. The van der Waals surface area contributed by atoms with E-state index in [1.807, 2.05) is 49.9 Å². The molecule has 2 rings (SSSR count). The van der Waals surface area contributed by atoms with E-state index in [0.29, 0.717) is 17.5 Å². The van der Waals surface area contributed by atoms with Crippen LogP contribution in [0.1, 0.15) is 57.5 Å². The smallest absolute Gasteiger partial charge is 0.253 e. The number of nitrogens with zero attached hydrogens (tertiary/aromatic N) is 2. The van der Waals surface area contributed by atoms with Crippen molar-refractivity contribution in [2.45, 2.75) is 48.1 Å². The van der Waals surface area contributed by atoms with Gasteiger partial charge in [0, 0.05) is 63.3 Å². The standard InChI is InChI=1S/C24H40N4O2/c1-23(2,3)18-25-11-12-27-13-15-28(16-14-27)21(29)20-9-7-19(8-10-20)17-26-22(30)24(4,5)6/h7-10,25H,11-18H2,1-6H3,(H,26,30). The quantitative estimate of drug-likeness (QED) is 0.671. The molecule has 6 nitrogen and oxygen atoms in total. The van der Waals surface area contributed by atoms with E-state index in [2.05, 4.69) is 36.3 Å². The number of benzene rings is 1. The average molecular weight is 417 g/mol. The molecular formula is C24H40N4O2. The van der Waals surface area contributed by atoms with Crippen molar-refractivity contribution in [2.24, 2.45) is 10.8 Å². The van der Waals surface area contributed by atoms with Crippen LogP contribution in [0.25, 0.3) is 0 Å². The van der Waals surface area contributed by atoms with E-state index >= 15 is 0 Å². The Balaban J connectivity index is 1.75. The maximum atomic E-state index is 12.8. The molecule has 168 valence electrons. The van der Waals surface area contributed by atoms with Crippen LogP contribution in [-0.4, -0.2) is 67.4 Å². The summed E-state index contributed by atoms with van der Waals surface area (Å²) in [6.45, 7) is 19.3. The van der Waals surface area contributed by atoms with Crippen molar-refractivity contribution in [2.75, 3.05) is 45.8 Å². The molecule has 0 saturated carbocycles. The van der Waals surface area contributed by atoms with Crippen LogP contribution < -0.4 is 10.6 Å². The van der Waals surface area contributed by atoms with Gasteiger partial charge in [0.25, 0.3) is 5.91 Å². The highest BCUT2D eigenvalue weighted by Gasteiger charge is 2.23. The summed E-state index contributed by atoms with van der Waals surface area (Å²) in [5, 5.41) is 6.45. The van der Waals surface area contributed by atoms with E-state index in [4.69, 9.17) is 0 Å². The van der Waals surface area contributed by atoms with E-state index in [9.17, 15) is 9.59 Å². The van der Waals surface area contributed by atoms with Gasteiger partial charge in [-0.1, -0.05) is 53.7 Å². The van der Waals surface area contributed by atoms with Gasteiger partial charge < -0.3 is 15.5 Å².